The smallest absolute Gasteiger partial charge is 0.248 e. The normalized spacial score (nSPS) is 41.8. The summed E-state index contributed by atoms with van der Waals surface area (Å²) in [6, 6.07) is 8.68. The standard InChI is InChI=1S/C35H52F2O4S/c1-32-15-12-26(38)22-24(32)8-10-29-30-11-9-25(33(30,2)16-14-31(29)32)23-28(42(40,41)27-6-4-3-5-7-27)13-17-34(39)18-20-35(36,37)21-19-34/h3-7,24-26,28-31,38-39H,8-23H2,1-2H3. The van der Waals surface area contributed by atoms with Crippen LogP contribution in [0.3, 0.4) is 0 Å². The fraction of sp³-hybridized carbons (Fsp3) is 0.829. The van der Waals surface area contributed by atoms with E-state index in [1.807, 2.05) is 6.07 Å². The van der Waals surface area contributed by atoms with Crippen molar-refractivity contribution in [1.29, 1.82) is 0 Å². The number of fused-ring (bicyclic) bond motifs is 5. The number of alkyl halides is 2. The molecule has 0 radical (unpaired) electrons. The lowest BCUT2D eigenvalue weighted by Gasteiger charge is -2.61. The maximum absolute atomic E-state index is 14.1. The molecule has 5 saturated carbocycles. The first-order valence-corrected chi connectivity index (χ1v) is 18.4. The molecule has 0 heterocycles. The quantitative estimate of drug-likeness (QED) is 0.330. The lowest BCUT2D eigenvalue weighted by molar-refractivity contribution is -0.127. The van der Waals surface area contributed by atoms with E-state index in [9.17, 15) is 27.4 Å². The predicted octanol–water partition coefficient (Wildman–Crippen LogP) is 7.96. The maximum Gasteiger partial charge on any atom is 0.248 e. The van der Waals surface area contributed by atoms with Crippen LogP contribution in [0.1, 0.15) is 117 Å². The molecule has 5 fully saturated rings. The Morgan fingerprint density at radius 2 is 1.52 bits per heavy atom. The second-order valence-electron chi connectivity index (χ2n) is 15.7. The molecule has 0 aliphatic heterocycles. The summed E-state index contributed by atoms with van der Waals surface area (Å²) < 4.78 is 55.9. The van der Waals surface area contributed by atoms with Gasteiger partial charge >= 0.3 is 0 Å². The van der Waals surface area contributed by atoms with Crippen molar-refractivity contribution >= 4 is 9.84 Å². The van der Waals surface area contributed by atoms with Crippen molar-refractivity contribution in [2.45, 2.75) is 144 Å². The second kappa shape index (κ2) is 11.1. The van der Waals surface area contributed by atoms with Crippen LogP contribution in [0.25, 0.3) is 0 Å². The zero-order valence-corrected chi connectivity index (χ0v) is 26.4. The van der Waals surface area contributed by atoms with E-state index in [4.69, 9.17) is 0 Å². The Morgan fingerprint density at radius 3 is 2.24 bits per heavy atom. The summed E-state index contributed by atoms with van der Waals surface area (Å²) in [4.78, 5) is 0.325. The van der Waals surface area contributed by atoms with Crippen LogP contribution < -0.4 is 0 Å². The number of benzene rings is 1. The summed E-state index contributed by atoms with van der Waals surface area (Å²) in [6.07, 6.45) is 10.4. The van der Waals surface area contributed by atoms with Gasteiger partial charge in [0.15, 0.2) is 9.84 Å². The molecule has 7 heteroatoms. The lowest BCUT2D eigenvalue weighted by atomic mass is 9.44. The van der Waals surface area contributed by atoms with Gasteiger partial charge in [-0.05, 0) is 142 Å². The van der Waals surface area contributed by atoms with E-state index in [0.29, 0.717) is 52.7 Å². The molecule has 5 aliphatic rings. The summed E-state index contributed by atoms with van der Waals surface area (Å²) in [5, 5.41) is 21.0. The van der Waals surface area contributed by atoms with Crippen molar-refractivity contribution in [3.05, 3.63) is 30.3 Å². The van der Waals surface area contributed by atoms with Crippen molar-refractivity contribution in [3.63, 3.8) is 0 Å². The first-order chi connectivity index (χ1) is 19.8. The van der Waals surface area contributed by atoms with Crippen LogP contribution in [0.15, 0.2) is 35.2 Å². The topological polar surface area (TPSA) is 74.6 Å². The van der Waals surface area contributed by atoms with E-state index in [1.165, 1.54) is 19.3 Å². The summed E-state index contributed by atoms with van der Waals surface area (Å²) in [6.45, 7) is 4.94. The minimum atomic E-state index is -3.64. The van der Waals surface area contributed by atoms with Gasteiger partial charge in [0.05, 0.1) is 21.9 Å². The van der Waals surface area contributed by atoms with Crippen LogP contribution in [-0.4, -0.2) is 41.5 Å². The molecule has 0 saturated heterocycles. The van der Waals surface area contributed by atoms with Crippen LogP contribution in [0, 0.1) is 40.4 Å². The van der Waals surface area contributed by atoms with Crippen molar-refractivity contribution in [2.24, 2.45) is 40.4 Å². The van der Waals surface area contributed by atoms with Gasteiger partial charge in [-0.3, -0.25) is 0 Å². The molecule has 236 valence electrons. The molecule has 1 aromatic rings. The number of hydrogen-bond acceptors (Lipinski definition) is 4. The molecule has 5 aliphatic carbocycles. The van der Waals surface area contributed by atoms with Crippen molar-refractivity contribution in [1.82, 2.24) is 0 Å². The van der Waals surface area contributed by atoms with Crippen LogP contribution in [0.2, 0.25) is 0 Å². The average molecular weight is 607 g/mol. The summed E-state index contributed by atoms with van der Waals surface area (Å²) in [5.41, 5.74) is -0.798. The van der Waals surface area contributed by atoms with Crippen LogP contribution in [-0.2, 0) is 9.84 Å². The Hall–Kier alpha value is -1.05. The second-order valence-corrected chi connectivity index (χ2v) is 18.0. The molecule has 0 bridgehead atoms. The van der Waals surface area contributed by atoms with Crippen LogP contribution in [0.5, 0.6) is 0 Å². The zero-order chi connectivity index (χ0) is 30.0. The van der Waals surface area contributed by atoms with E-state index in [-0.39, 0.29) is 43.6 Å². The van der Waals surface area contributed by atoms with Gasteiger partial charge < -0.3 is 10.2 Å². The Labute approximate surface area is 252 Å². The fourth-order valence-electron chi connectivity index (χ4n) is 11.0. The molecule has 42 heavy (non-hydrogen) atoms. The Balaban J connectivity index is 1.21. The molecule has 1 aromatic carbocycles. The van der Waals surface area contributed by atoms with Crippen molar-refractivity contribution in [3.8, 4) is 0 Å². The van der Waals surface area contributed by atoms with E-state index >= 15 is 0 Å². The molecule has 0 spiro atoms. The zero-order valence-electron chi connectivity index (χ0n) is 25.6. The van der Waals surface area contributed by atoms with Gasteiger partial charge in [-0.2, -0.15) is 0 Å². The molecule has 4 nitrogen and oxygen atoms in total. The van der Waals surface area contributed by atoms with E-state index in [0.717, 1.165) is 38.5 Å². The summed E-state index contributed by atoms with van der Waals surface area (Å²) in [5.74, 6) is 0.172. The number of halogens is 2. The molecular formula is C35H52F2O4S. The van der Waals surface area contributed by atoms with Gasteiger partial charge in [0.2, 0.25) is 5.92 Å². The fourth-order valence-corrected chi connectivity index (χ4v) is 12.8. The van der Waals surface area contributed by atoms with Gasteiger partial charge in [0.1, 0.15) is 0 Å². The predicted molar refractivity (Wildman–Crippen MR) is 161 cm³/mol. The molecule has 2 N–H and O–H groups in total. The van der Waals surface area contributed by atoms with Crippen LogP contribution >= 0.6 is 0 Å². The van der Waals surface area contributed by atoms with Crippen LogP contribution in [0.4, 0.5) is 8.78 Å². The largest absolute Gasteiger partial charge is 0.393 e. The van der Waals surface area contributed by atoms with Gasteiger partial charge in [-0.1, -0.05) is 32.0 Å². The number of rotatable bonds is 7. The summed E-state index contributed by atoms with van der Waals surface area (Å²) in [7, 11) is -3.64. The van der Waals surface area contributed by atoms with E-state index in [2.05, 4.69) is 13.8 Å². The molecule has 0 amide bonds. The van der Waals surface area contributed by atoms with Gasteiger partial charge in [-0.15, -0.1) is 0 Å². The highest BCUT2D eigenvalue weighted by molar-refractivity contribution is 7.92. The van der Waals surface area contributed by atoms with E-state index in [1.54, 1.807) is 24.3 Å². The van der Waals surface area contributed by atoms with Crippen molar-refractivity contribution < 1.29 is 27.4 Å². The first-order valence-electron chi connectivity index (χ1n) is 16.8. The van der Waals surface area contributed by atoms with Gasteiger partial charge in [-0.25, -0.2) is 17.2 Å². The minimum Gasteiger partial charge on any atom is -0.393 e. The third kappa shape index (κ3) is 5.50. The number of aliphatic hydroxyl groups is 2. The molecular weight excluding hydrogens is 554 g/mol. The molecule has 9 atom stereocenters. The molecule has 9 unspecified atom stereocenters. The maximum atomic E-state index is 14.1. The highest BCUT2D eigenvalue weighted by atomic mass is 32.2. The molecule has 6 rings (SSSR count). The number of aliphatic hydroxyl groups excluding tert-OH is 1. The Bertz CT molecular complexity index is 1210. The SMILES string of the molecule is CC12CCC(O)CC1CCC1C2CCC2(C)C(CC(CCC3(O)CCC(F)(F)CC3)S(=O)(=O)c3ccccc3)CCC12. The highest BCUT2D eigenvalue weighted by Crippen LogP contribution is 2.68. The third-order valence-corrected chi connectivity index (χ3v) is 16.0. The highest BCUT2D eigenvalue weighted by Gasteiger charge is 2.60. The monoisotopic (exact) mass is 606 g/mol. The Kier molecular flexibility index (Phi) is 8.17. The van der Waals surface area contributed by atoms with Crippen molar-refractivity contribution in [2.75, 3.05) is 0 Å². The van der Waals surface area contributed by atoms with E-state index < -0.39 is 26.6 Å². The number of hydrogen-bond donors (Lipinski definition) is 2. The lowest BCUT2D eigenvalue weighted by Crippen LogP contribution is -2.54. The van der Waals surface area contributed by atoms with Gasteiger partial charge in [0.25, 0.3) is 0 Å². The Morgan fingerprint density at radius 1 is 0.857 bits per heavy atom. The summed E-state index contributed by atoms with van der Waals surface area (Å²) >= 11 is 0. The third-order valence-electron chi connectivity index (χ3n) is 13.7. The minimum absolute atomic E-state index is 0.0289. The van der Waals surface area contributed by atoms with Gasteiger partial charge in [0, 0.05) is 12.8 Å². The average Bonchev–Trinajstić information content (AvgIpc) is 3.29. The number of sulfone groups is 1. The molecule has 0 aromatic heterocycles. The first kappa shape index (κ1) is 31.0.